The van der Waals surface area contributed by atoms with E-state index in [9.17, 15) is 0 Å². The number of hydrogen-bond acceptors (Lipinski definition) is 2. The fourth-order valence-electron chi connectivity index (χ4n) is 1.41. The van der Waals surface area contributed by atoms with Crippen molar-refractivity contribution >= 4 is 0 Å². The maximum atomic E-state index is 8.89. The average Bonchev–Trinajstić information content (AvgIpc) is 2.65. The number of aromatic amines is 1. The van der Waals surface area contributed by atoms with Gasteiger partial charge in [0.2, 0.25) is 0 Å². The summed E-state index contributed by atoms with van der Waals surface area (Å²) in [4.78, 5) is 0. The maximum Gasteiger partial charge on any atom is 0.0949 e. The summed E-state index contributed by atoms with van der Waals surface area (Å²) in [6.07, 6.45) is 1.87. The van der Waals surface area contributed by atoms with Crippen molar-refractivity contribution in [1.29, 1.82) is 0 Å². The number of rotatable bonds is 2. The summed E-state index contributed by atoms with van der Waals surface area (Å²) >= 11 is 0. The summed E-state index contributed by atoms with van der Waals surface area (Å²) < 4.78 is 0. The lowest BCUT2D eigenvalue weighted by molar-refractivity contribution is 0.282. The first-order valence-corrected chi connectivity index (χ1v) is 4.52. The number of aromatic nitrogens is 2. The van der Waals surface area contributed by atoms with Crippen molar-refractivity contribution in [1.82, 2.24) is 10.2 Å². The SMILES string of the molecule is Cc1c[nH]nc1-c1ccc(CO)cc1. The normalized spacial score (nSPS) is 10.4. The summed E-state index contributed by atoms with van der Waals surface area (Å²) in [6.45, 7) is 2.10. The zero-order chi connectivity index (χ0) is 9.97. The predicted molar refractivity (Wildman–Crippen MR) is 54.7 cm³/mol. The van der Waals surface area contributed by atoms with Crippen LogP contribution in [-0.2, 0) is 6.61 Å². The number of aliphatic hydroxyl groups is 1. The molecular weight excluding hydrogens is 176 g/mol. The van der Waals surface area contributed by atoms with Gasteiger partial charge in [-0.25, -0.2) is 0 Å². The minimum atomic E-state index is 0.0832. The Bertz CT molecular complexity index is 417. The summed E-state index contributed by atoms with van der Waals surface area (Å²) in [7, 11) is 0. The van der Waals surface area contributed by atoms with Crippen LogP contribution in [0.25, 0.3) is 11.3 Å². The molecule has 0 unspecified atom stereocenters. The summed E-state index contributed by atoms with van der Waals surface area (Å²) in [5, 5.41) is 15.9. The molecule has 3 nitrogen and oxygen atoms in total. The molecule has 0 radical (unpaired) electrons. The Kier molecular flexibility index (Phi) is 2.33. The third kappa shape index (κ3) is 1.54. The van der Waals surface area contributed by atoms with Crippen molar-refractivity contribution in [3.05, 3.63) is 41.6 Å². The Labute approximate surface area is 82.4 Å². The van der Waals surface area contributed by atoms with Crippen LogP contribution in [0.5, 0.6) is 0 Å². The van der Waals surface area contributed by atoms with E-state index in [1.54, 1.807) is 0 Å². The van der Waals surface area contributed by atoms with Crippen molar-refractivity contribution in [3.8, 4) is 11.3 Å². The number of aliphatic hydroxyl groups excluding tert-OH is 1. The van der Waals surface area contributed by atoms with Gasteiger partial charge >= 0.3 is 0 Å². The molecule has 0 aliphatic rings. The second kappa shape index (κ2) is 3.64. The van der Waals surface area contributed by atoms with E-state index in [0.717, 1.165) is 22.4 Å². The first-order valence-electron chi connectivity index (χ1n) is 4.52. The Balaban J connectivity index is 2.39. The van der Waals surface area contributed by atoms with Gasteiger partial charge in [-0.3, -0.25) is 5.10 Å². The molecule has 14 heavy (non-hydrogen) atoms. The van der Waals surface area contributed by atoms with Crippen LogP contribution in [0.15, 0.2) is 30.5 Å². The van der Waals surface area contributed by atoms with Crippen LogP contribution in [0.2, 0.25) is 0 Å². The lowest BCUT2D eigenvalue weighted by Gasteiger charge is -1.99. The van der Waals surface area contributed by atoms with Gasteiger partial charge in [0.25, 0.3) is 0 Å². The van der Waals surface area contributed by atoms with Crippen molar-refractivity contribution in [2.24, 2.45) is 0 Å². The van der Waals surface area contributed by atoms with Gasteiger partial charge in [-0.05, 0) is 18.1 Å². The van der Waals surface area contributed by atoms with Crippen LogP contribution in [0, 0.1) is 6.92 Å². The molecule has 0 aliphatic carbocycles. The van der Waals surface area contributed by atoms with E-state index in [4.69, 9.17) is 5.11 Å². The number of nitrogens with zero attached hydrogens (tertiary/aromatic N) is 1. The summed E-state index contributed by atoms with van der Waals surface area (Å²) in [5.74, 6) is 0. The zero-order valence-electron chi connectivity index (χ0n) is 7.99. The van der Waals surface area contributed by atoms with Crippen molar-refractivity contribution in [2.45, 2.75) is 13.5 Å². The average molecular weight is 188 g/mol. The van der Waals surface area contributed by atoms with E-state index in [0.29, 0.717) is 0 Å². The lowest BCUT2D eigenvalue weighted by Crippen LogP contribution is -1.84. The molecule has 0 amide bonds. The number of hydrogen-bond donors (Lipinski definition) is 2. The van der Waals surface area contributed by atoms with Crippen LogP contribution in [-0.4, -0.2) is 15.3 Å². The first kappa shape index (κ1) is 8.97. The molecule has 2 aromatic rings. The minimum Gasteiger partial charge on any atom is -0.392 e. The van der Waals surface area contributed by atoms with E-state index < -0.39 is 0 Å². The van der Waals surface area contributed by atoms with E-state index in [1.807, 2.05) is 37.4 Å². The highest BCUT2D eigenvalue weighted by atomic mass is 16.3. The third-order valence-corrected chi connectivity index (χ3v) is 2.24. The molecule has 72 valence electrons. The number of nitrogens with one attached hydrogen (secondary N) is 1. The molecule has 1 aromatic carbocycles. The molecule has 0 bridgehead atoms. The number of aryl methyl sites for hydroxylation is 1. The second-order valence-electron chi connectivity index (χ2n) is 3.27. The monoisotopic (exact) mass is 188 g/mol. The van der Waals surface area contributed by atoms with Gasteiger partial charge in [0.15, 0.2) is 0 Å². The molecule has 2 rings (SSSR count). The van der Waals surface area contributed by atoms with Crippen LogP contribution < -0.4 is 0 Å². The maximum absolute atomic E-state index is 8.89. The summed E-state index contributed by atoms with van der Waals surface area (Å²) in [6, 6.07) is 7.75. The molecule has 0 saturated heterocycles. The molecule has 0 saturated carbocycles. The van der Waals surface area contributed by atoms with Crippen LogP contribution in [0.1, 0.15) is 11.1 Å². The standard InChI is InChI=1S/C11H12N2O/c1-8-6-12-13-11(8)10-4-2-9(7-14)3-5-10/h2-6,14H,7H2,1H3,(H,12,13). The number of H-pyrrole nitrogens is 1. The molecule has 1 aromatic heterocycles. The van der Waals surface area contributed by atoms with Gasteiger partial charge in [-0.15, -0.1) is 0 Å². The highest BCUT2D eigenvalue weighted by Gasteiger charge is 2.03. The molecule has 0 fully saturated rings. The molecule has 2 N–H and O–H groups in total. The topological polar surface area (TPSA) is 48.9 Å². The lowest BCUT2D eigenvalue weighted by atomic mass is 10.1. The Morgan fingerprint density at radius 2 is 2.00 bits per heavy atom. The second-order valence-corrected chi connectivity index (χ2v) is 3.27. The fourth-order valence-corrected chi connectivity index (χ4v) is 1.41. The smallest absolute Gasteiger partial charge is 0.0949 e. The van der Waals surface area contributed by atoms with Crippen molar-refractivity contribution in [3.63, 3.8) is 0 Å². The number of benzene rings is 1. The van der Waals surface area contributed by atoms with Gasteiger partial charge in [-0.1, -0.05) is 24.3 Å². The van der Waals surface area contributed by atoms with Crippen LogP contribution >= 0.6 is 0 Å². The van der Waals surface area contributed by atoms with Gasteiger partial charge in [0, 0.05) is 11.8 Å². The molecule has 0 aliphatic heterocycles. The molecule has 3 heteroatoms. The minimum absolute atomic E-state index is 0.0832. The van der Waals surface area contributed by atoms with E-state index in [1.165, 1.54) is 0 Å². The van der Waals surface area contributed by atoms with Crippen molar-refractivity contribution < 1.29 is 5.11 Å². The molecule has 1 heterocycles. The fraction of sp³-hybridized carbons (Fsp3) is 0.182. The van der Waals surface area contributed by atoms with Gasteiger partial charge in [-0.2, -0.15) is 5.10 Å². The van der Waals surface area contributed by atoms with E-state index in [2.05, 4.69) is 10.2 Å². The Hall–Kier alpha value is -1.61. The highest BCUT2D eigenvalue weighted by Crippen LogP contribution is 2.20. The molecular formula is C11H12N2O. The summed E-state index contributed by atoms with van der Waals surface area (Å²) in [5.41, 5.74) is 4.08. The van der Waals surface area contributed by atoms with Gasteiger partial charge in [0.1, 0.15) is 0 Å². The zero-order valence-corrected chi connectivity index (χ0v) is 7.99. The van der Waals surface area contributed by atoms with Crippen LogP contribution in [0.3, 0.4) is 0 Å². The highest BCUT2D eigenvalue weighted by molar-refractivity contribution is 5.62. The van der Waals surface area contributed by atoms with Crippen molar-refractivity contribution in [2.75, 3.05) is 0 Å². The quantitative estimate of drug-likeness (QED) is 0.756. The Morgan fingerprint density at radius 3 is 2.50 bits per heavy atom. The van der Waals surface area contributed by atoms with E-state index >= 15 is 0 Å². The molecule has 0 spiro atoms. The van der Waals surface area contributed by atoms with Gasteiger partial charge in [0.05, 0.1) is 12.3 Å². The van der Waals surface area contributed by atoms with Gasteiger partial charge < -0.3 is 5.11 Å². The Morgan fingerprint density at radius 1 is 1.29 bits per heavy atom. The van der Waals surface area contributed by atoms with Crippen LogP contribution in [0.4, 0.5) is 0 Å². The third-order valence-electron chi connectivity index (χ3n) is 2.24. The predicted octanol–water partition coefficient (Wildman–Crippen LogP) is 1.88. The molecule has 0 atom stereocenters. The largest absolute Gasteiger partial charge is 0.392 e. The van der Waals surface area contributed by atoms with E-state index in [-0.39, 0.29) is 6.61 Å². The first-order chi connectivity index (χ1) is 6.81.